The number of carboxylic acid groups (broad SMARTS) is 1. The first-order valence-corrected chi connectivity index (χ1v) is 7.67. The first-order valence-electron chi connectivity index (χ1n) is 6.41. The predicted octanol–water partition coefficient (Wildman–Crippen LogP) is 2.62. The lowest BCUT2D eigenvalue weighted by Gasteiger charge is -2.27. The average molecular weight is 304 g/mol. The number of thiophene rings is 1. The van der Waals surface area contributed by atoms with Crippen LogP contribution in [0.4, 0.5) is 0 Å². The molecule has 106 valence electrons. The monoisotopic (exact) mass is 303 g/mol. The molecule has 1 aliphatic rings. The molecule has 2 heterocycles. The normalized spacial score (nSPS) is 18.4. The van der Waals surface area contributed by atoms with Gasteiger partial charge in [0.2, 0.25) is 0 Å². The molecule has 1 saturated heterocycles. The minimum Gasteiger partial charge on any atom is -0.481 e. The van der Waals surface area contributed by atoms with Gasteiger partial charge in [-0.15, -0.1) is 11.3 Å². The maximum Gasteiger partial charge on any atom is 0.308 e. The van der Waals surface area contributed by atoms with Gasteiger partial charge in [-0.1, -0.05) is 11.6 Å². The van der Waals surface area contributed by atoms with E-state index in [1.165, 1.54) is 0 Å². The number of hydrogen-bond donors (Lipinski definition) is 2. The summed E-state index contributed by atoms with van der Waals surface area (Å²) in [6.45, 7) is 2.45. The molecule has 1 aliphatic heterocycles. The van der Waals surface area contributed by atoms with Crippen molar-refractivity contribution in [1.29, 1.82) is 0 Å². The van der Waals surface area contributed by atoms with E-state index in [0.29, 0.717) is 26.3 Å². The van der Waals surface area contributed by atoms with Crippen LogP contribution < -0.4 is 5.32 Å². The Morgan fingerprint density at radius 2 is 2.32 bits per heavy atom. The SMILES string of the molecule is O=C(O)C(CNCc1sccc1Cl)C1CCOCC1. The quantitative estimate of drug-likeness (QED) is 0.848. The van der Waals surface area contributed by atoms with E-state index in [0.717, 1.165) is 22.7 Å². The molecular formula is C13H18ClNO3S. The van der Waals surface area contributed by atoms with Crippen molar-refractivity contribution in [1.82, 2.24) is 5.32 Å². The highest BCUT2D eigenvalue weighted by Gasteiger charge is 2.29. The Kier molecular flexibility index (Phi) is 5.63. The van der Waals surface area contributed by atoms with Crippen molar-refractivity contribution in [2.75, 3.05) is 19.8 Å². The molecule has 4 nitrogen and oxygen atoms in total. The van der Waals surface area contributed by atoms with Crippen LogP contribution in [0.3, 0.4) is 0 Å². The van der Waals surface area contributed by atoms with Gasteiger partial charge in [-0.05, 0) is 30.2 Å². The summed E-state index contributed by atoms with van der Waals surface area (Å²) < 4.78 is 5.28. The molecule has 2 N–H and O–H groups in total. The topological polar surface area (TPSA) is 58.6 Å². The van der Waals surface area contributed by atoms with Crippen molar-refractivity contribution in [2.45, 2.75) is 19.4 Å². The Bertz CT molecular complexity index is 418. The number of rotatable bonds is 6. The number of ether oxygens (including phenoxy) is 1. The van der Waals surface area contributed by atoms with E-state index in [4.69, 9.17) is 16.3 Å². The third kappa shape index (κ3) is 4.18. The average Bonchev–Trinajstić information content (AvgIpc) is 2.81. The van der Waals surface area contributed by atoms with Crippen LogP contribution in [-0.4, -0.2) is 30.8 Å². The second kappa shape index (κ2) is 7.24. The van der Waals surface area contributed by atoms with Gasteiger partial charge in [0.15, 0.2) is 0 Å². The predicted molar refractivity (Wildman–Crippen MR) is 75.7 cm³/mol. The zero-order valence-electron chi connectivity index (χ0n) is 10.6. The number of aliphatic carboxylic acids is 1. The molecule has 1 atom stereocenters. The van der Waals surface area contributed by atoms with Crippen LogP contribution >= 0.6 is 22.9 Å². The van der Waals surface area contributed by atoms with E-state index in [-0.39, 0.29) is 11.8 Å². The number of halogens is 1. The fraction of sp³-hybridized carbons (Fsp3) is 0.615. The number of hydrogen-bond acceptors (Lipinski definition) is 4. The van der Waals surface area contributed by atoms with E-state index in [2.05, 4.69) is 5.32 Å². The third-order valence-corrected chi connectivity index (χ3v) is 4.88. The second-order valence-corrected chi connectivity index (χ2v) is 6.13. The summed E-state index contributed by atoms with van der Waals surface area (Å²) in [7, 11) is 0. The molecule has 0 spiro atoms. The summed E-state index contributed by atoms with van der Waals surface area (Å²) >= 11 is 7.59. The third-order valence-electron chi connectivity index (χ3n) is 3.49. The minimum atomic E-state index is -0.725. The van der Waals surface area contributed by atoms with E-state index >= 15 is 0 Å². The van der Waals surface area contributed by atoms with Gasteiger partial charge in [-0.3, -0.25) is 4.79 Å². The summed E-state index contributed by atoms with van der Waals surface area (Å²) in [5, 5.41) is 15.2. The van der Waals surface area contributed by atoms with Crippen molar-refractivity contribution in [2.24, 2.45) is 11.8 Å². The van der Waals surface area contributed by atoms with Crippen LogP contribution in [0.2, 0.25) is 5.02 Å². The lowest BCUT2D eigenvalue weighted by atomic mass is 9.86. The molecule has 0 aliphatic carbocycles. The van der Waals surface area contributed by atoms with Gasteiger partial charge in [-0.25, -0.2) is 0 Å². The van der Waals surface area contributed by atoms with Gasteiger partial charge < -0.3 is 15.2 Å². The molecule has 19 heavy (non-hydrogen) atoms. The molecule has 1 unspecified atom stereocenters. The standard InChI is InChI=1S/C13H18ClNO3S/c14-11-3-6-19-12(11)8-15-7-10(13(16)17)9-1-4-18-5-2-9/h3,6,9-10,15H,1-2,4-5,7-8H2,(H,16,17). The molecule has 0 saturated carbocycles. The second-order valence-electron chi connectivity index (χ2n) is 4.72. The van der Waals surface area contributed by atoms with Crippen LogP contribution in [0.5, 0.6) is 0 Å². The first-order chi connectivity index (χ1) is 9.18. The van der Waals surface area contributed by atoms with Gasteiger partial charge in [0.1, 0.15) is 0 Å². The van der Waals surface area contributed by atoms with E-state index in [9.17, 15) is 9.90 Å². The molecule has 2 rings (SSSR count). The first kappa shape index (κ1) is 14.8. The summed E-state index contributed by atoms with van der Waals surface area (Å²) in [5.41, 5.74) is 0. The highest BCUT2D eigenvalue weighted by molar-refractivity contribution is 7.10. The fourth-order valence-corrected chi connectivity index (χ4v) is 3.44. The lowest BCUT2D eigenvalue weighted by molar-refractivity contribution is -0.144. The number of carbonyl (C=O) groups is 1. The molecule has 1 aromatic rings. The van der Waals surface area contributed by atoms with Crippen molar-refractivity contribution < 1.29 is 14.6 Å². The van der Waals surface area contributed by atoms with Crippen LogP contribution in [0.25, 0.3) is 0 Å². The lowest BCUT2D eigenvalue weighted by Crippen LogP contribution is -2.36. The number of carboxylic acids is 1. The zero-order chi connectivity index (χ0) is 13.7. The Hall–Kier alpha value is -0.620. The fourth-order valence-electron chi connectivity index (χ4n) is 2.37. The molecule has 1 fully saturated rings. The summed E-state index contributed by atoms with van der Waals surface area (Å²) in [5.74, 6) is -0.864. The van der Waals surface area contributed by atoms with E-state index in [1.54, 1.807) is 11.3 Å². The molecule has 1 aromatic heterocycles. The van der Waals surface area contributed by atoms with E-state index in [1.807, 2.05) is 11.4 Å². The minimum absolute atomic E-state index is 0.206. The van der Waals surface area contributed by atoms with Crippen LogP contribution in [0.1, 0.15) is 17.7 Å². The Labute approximate surface area is 121 Å². The highest BCUT2D eigenvalue weighted by atomic mass is 35.5. The van der Waals surface area contributed by atoms with Gasteiger partial charge in [0.05, 0.1) is 10.9 Å². The maximum absolute atomic E-state index is 11.4. The summed E-state index contributed by atoms with van der Waals surface area (Å²) in [6.07, 6.45) is 1.66. The van der Waals surface area contributed by atoms with Gasteiger partial charge in [-0.2, -0.15) is 0 Å². The van der Waals surface area contributed by atoms with Gasteiger partial charge >= 0.3 is 5.97 Å². The van der Waals surface area contributed by atoms with Gasteiger partial charge in [0.25, 0.3) is 0 Å². The Balaban J connectivity index is 1.83. The van der Waals surface area contributed by atoms with Crippen LogP contribution in [0.15, 0.2) is 11.4 Å². The largest absolute Gasteiger partial charge is 0.481 e. The van der Waals surface area contributed by atoms with Crippen LogP contribution in [0, 0.1) is 11.8 Å². The summed E-state index contributed by atoms with van der Waals surface area (Å²) in [6, 6.07) is 1.86. The molecular weight excluding hydrogens is 286 g/mol. The van der Waals surface area contributed by atoms with Crippen molar-refractivity contribution in [3.8, 4) is 0 Å². The zero-order valence-corrected chi connectivity index (χ0v) is 12.2. The smallest absolute Gasteiger partial charge is 0.308 e. The molecule has 6 heteroatoms. The molecule has 0 aromatic carbocycles. The van der Waals surface area contributed by atoms with Crippen molar-refractivity contribution in [3.63, 3.8) is 0 Å². The Morgan fingerprint density at radius 1 is 1.58 bits per heavy atom. The number of nitrogens with one attached hydrogen (secondary N) is 1. The van der Waals surface area contributed by atoms with Crippen LogP contribution in [-0.2, 0) is 16.1 Å². The van der Waals surface area contributed by atoms with Gasteiger partial charge in [0, 0.05) is 31.2 Å². The highest BCUT2D eigenvalue weighted by Crippen LogP contribution is 2.25. The van der Waals surface area contributed by atoms with Crippen molar-refractivity contribution >= 4 is 28.9 Å². The van der Waals surface area contributed by atoms with Crippen molar-refractivity contribution in [3.05, 3.63) is 21.3 Å². The molecule has 0 amide bonds. The van der Waals surface area contributed by atoms with E-state index < -0.39 is 5.97 Å². The molecule has 0 radical (unpaired) electrons. The molecule has 0 bridgehead atoms. The summed E-state index contributed by atoms with van der Waals surface area (Å²) in [4.78, 5) is 12.4. The maximum atomic E-state index is 11.4. The Morgan fingerprint density at radius 3 is 2.89 bits per heavy atom.